The molecule has 4 heterocycles. The molecule has 0 amide bonds. The Hall–Kier alpha value is -2.82. The predicted octanol–water partition coefficient (Wildman–Crippen LogP) is 3.63. The van der Waals surface area contributed by atoms with Gasteiger partial charge in [-0.1, -0.05) is 11.6 Å². The Labute approximate surface area is 162 Å². The van der Waals surface area contributed by atoms with Crippen LogP contribution in [0.5, 0.6) is 0 Å². The molecule has 1 atom stereocenters. The summed E-state index contributed by atoms with van der Waals surface area (Å²) in [5.41, 5.74) is 0.325. The highest BCUT2D eigenvalue weighted by atomic mass is 35.5. The van der Waals surface area contributed by atoms with Crippen LogP contribution < -0.4 is 10.6 Å². The van der Waals surface area contributed by atoms with E-state index in [0.717, 1.165) is 25.0 Å². The number of aryl methyl sites for hydroxylation is 1. The molecule has 1 aliphatic rings. The number of hydrogen-bond donors (Lipinski definition) is 2. The van der Waals surface area contributed by atoms with Crippen molar-refractivity contribution < 1.29 is 13.2 Å². The molecule has 0 aliphatic carbocycles. The lowest BCUT2D eigenvalue weighted by Crippen LogP contribution is -2.12. The normalized spacial score (nSPS) is 16.3. The number of nitrogens with zero attached hydrogens (tertiary/aromatic N) is 6. The summed E-state index contributed by atoms with van der Waals surface area (Å²) >= 11 is 6.11. The zero-order valence-corrected chi connectivity index (χ0v) is 15.7. The fourth-order valence-electron chi connectivity index (χ4n) is 3.21. The third-order valence-electron chi connectivity index (χ3n) is 4.58. The zero-order valence-electron chi connectivity index (χ0n) is 14.9. The minimum Gasteiger partial charge on any atom is -0.372 e. The van der Waals surface area contributed by atoms with Crippen LogP contribution in [0.3, 0.4) is 0 Å². The fraction of sp³-hybridized carbons (Fsp3) is 0.375. The average Bonchev–Trinajstić information content (AvgIpc) is 3.31. The molecular weight excluding hydrogens is 397 g/mol. The van der Waals surface area contributed by atoms with E-state index in [9.17, 15) is 13.2 Å². The number of halogens is 4. The van der Waals surface area contributed by atoms with Crippen LogP contribution in [0, 0.1) is 6.92 Å². The quantitative estimate of drug-likeness (QED) is 0.680. The highest BCUT2D eigenvalue weighted by Crippen LogP contribution is 2.35. The van der Waals surface area contributed by atoms with Gasteiger partial charge in [-0.3, -0.25) is 4.68 Å². The van der Waals surface area contributed by atoms with Gasteiger partial charge in [-0.15, -0.1) is 0 Å². The van der Waals surface area contributed by atoms with Crippen molar-refractivity contribution in [3.8, 4) is 0 Å². The van der Waals surface area contributed by atoms with Gasteiger partial charge in [0.05, 0.1) is 17.6 Å². The maximum absolute atomic E-state index is 13.0. The number of rotatable bonds is 4. The van der Waals surface area contributed by atoms with Crippen LogP contribution in [0.4, 0.5) is 30.6 Å². The second-order valence-corrected chi connectivity index (χ2v) is 6.72. The molecule has 0 bridgehead atoms. The van der Waals surface area contributed by atoms with E-state index in [1.807, 2.05) is 4.57 Å². The standard InChI is InChI=1S/C16H16ClF3N8/c1-8-10(24-15-23-5-9(16(18,19)20)13(21-2)25-15)7-28(26-8)11-3-4-27-12(17)6-22-14(11)27/h5-7,11H,3-4H2,1-2H3,(H2,21,23,24,25). The highest BCUT2D eigenvalue weighted by molar-refractivity contribution is 6.29. The Kier molecular flexibility index (Phi) is 4.41. The van der Waals surface area contributed by atoms with Gasteiger partial charge < -0.3 is 15.2 Å². The van der Waals surface area contributed by atoms with Crippen molar-refractivity contribution in [2.75, 3.05) is 17.7 Å². The van der Waals surface area contributed by atoms with Crippen molar-refractivity contribution in [1.29, 1.82) is 0 Å². The lowest BCUT2D eigenvalue weighted by Gasteiger charge is -2.12. The number of anilines is 3. The van der Waals surface area contributed by atoms with E-state index in [1.165, 1.54) is 7.05 Å². The lowest BCUT2D eigenvalue weighted by atomic mass is 10.2. The van der Waals surface area contributed by atoms with Gasteiger partial charge in [0, 0.05) is 26.0 Å². The maximum Gasteiger partial charge on any atom is 0.421 e. The molecule has 0 spiro atoms. The minimum atomic E-state index is -4.54. The zero-order chi connectivity index (χ0) is 20.1. The number of hydrogen-bond acceptors (Lipinski definition) is 6. The molecule has 2 N–H and O–H groups in total. The van der Waals surface area contributed by atoms with E-state index in [2.05, 4.69) is 30.7 Å². The van der Waals surface area contributed by atoms with Gasteiger partial charge >= 0.3 is 6.18 Å². The second kappa shape index (κ2) is 6.66. The number of alkyl halides is 3. The second-order valence-electron chi connectivity index (χ2n) is 6.33. The molecule has 3 aromatic heterocycles. The van der Waals surface area contributed by atoms with Crippen molar-refractivity contribution in [3.05, 3.63) is 40.8 Å². The summed E-state index contributed by atoms with van der Waals surface area (Å²) in [5, 5.41) is 10.5. The molecule has 1 aliphatic heterocycles. The first-order valence-electron chi connectivity index (χ1n) is 8.43. The van der Waals surface area contributed by atoms with Gasteiger partial charge in [-0.05, 0) is 13.3 Å². The van der Waals surface area contributed by atoms with Crippen LogP contribution in [0.1, 0.15) is 29.5 Å². The third-order valence-corrected chi connectivity index (χ3v) is 4.88. The molecule has 0 saturated carbocycles. The average molecular weight is 413 g/mol. The monoisotopic (exact) mass is 412 g/mol. The number of fused-ring (bicyclic) bond motifs is 1. The molecule has 0 saturated heterocycles. The molecule has 0 fully saturated rings. The summed E-state index contributed by atoms with van der Waals surface area (Å²) < 4.78 is 42.7. The Morgan fingerprint density at radius 2 is 2.04 bits per heavy atom. The number of imidazole rings is 1. The summed E-state index contributed by atoms with van der Waals surface area (Å²) in [6, 6.07) is -0.0665. The van der Waals surface area contributed by atoms with Crippen LogP contribution in [-0.2, 0) is 12.7 Å². The Morgan fingerprint density at radius 1 is 1.25 bits per heavy atom. The Bertz CT molecular complexity index is 1030. The van der Waals surface area contributed by atoms with Crippen molar-refractivity contribution in [1.82, 2.24) is 29.3 Å². The summed E-state index contributed by atoms with van der Waals surface area (Å²) in [6.07, 6.45) is 0.371. The largest absolute Gasteiger partial charge is 0.421 e. The molecule has 1 unspecified atom stereocenters. The highest BCUT2D eigenvalue weighted by Gasteiger charge is 2.35. The summed E-state index contributed by atoms with van der Waals surface area (Å²) in [5.74, 6) is 0.556. The SMILES string of the molecule is CNc1nc(Nc2cn(C3CCn4c(Cl)cnc43)nc2C)ncc1C(F)(F)F. The van der Waals surface area contributed by atoms with E-state index in [1.54, 1.807) is 24.0 Å². The Balaban J connectivity index is 1.60. The first kappa shape index (κ1) is 18.5. The van der Waals surface area contributed by atoms with E-state index >= 15 is 0 Å². The maximum atomic E-state index is 13.0. The summed E-state index contributed by atoms with van der Waals surface area (Å²) in [4.78, 5) is 12.0. The van der Waals surface area contributed by atoms with E-state index in [4.69, 9.17) is 11.6 Å². The predicted molar refractivity (Wildman–Crippen MR) is 96.8 cm³/mol. The number of aromatic nitrogens is 6. The molecule has 8 nitrogen and oxygen atoms in total. The Morgan fingerprint density at radius 3 is 2.75 bits per heavy atom. The molecule has 4 rings (SSSR count). The van der Waals surface area contributed by atoms with Gasteiger partial charge in [-0.25, -0.2) is 9.97 Å². The van der Waals surface area contributed by atoms with Gasteiger partial charge in [0.2, 0.25) is 5.95 Å². The van der Waals surface area contributed by atoms with Gasteiger partial charge in [0.15, 0.2) is 0 Å². The smallest absolute Gasteiger partial charge is 0.372 e. The van der Waals surface area contributed by atoms with E-state index < -0.39 is 11.7 Å². The summed E-state index contributed by atoms with van der Waals surface area (Å²) in [7, 11) is 1.37. The first-order valence-corrected chi connectivity index (χ1v) is 8.81. The molecular formula is C16H16ClF3N8. The minimum absolute atomic E-state index is 0.0379. The topological polar surface area (TPSA) is 85.5 Å². The first-order chi connectivity index (χ1) is 13.3. The van der Waals surface area contributed by atoms with Crippen molar-refractivity contribution in [3.63, 3.8) is 0 Å². The van der Waals surface area contributed by atoms with Gasteiger partial charge in [-0.2, -0.15) is 23.3 Å². The van der Waals surface area contributed by atoms with Crippen molar-refractivity contribution >= 4 is 29.1 Å². The molecule has 12 heteroatoms. The van der Waals surface area contributed by atoms with Crippen LogP contribution in [0.25, 0.3) is 0 Å². The van der Waals surface area contributed by atoms with Crippen LogP contribution >= 0.6 is 11.6 Å². The number of nitrogens with one attached hydrogen (secondary N) is 2. The fourth-order valence-corrected chi connectivity index (χ4v) is 3.43. The molecule has 0 aromatic carbocycles. The lowest BCUT2D eigenvalue weighted by molar-refractivity contribution is -0.137. The molecule has 0 radical (unpaired) electrons. The van der Waals surface area contributed by atoms with Gasteiger partial charge in [0.25, 0.3) is 0 Å². The van der Waals surface area contributed by atoms with Gasteiger partial charge in [0.1, 0.15) is 28.4 Å². The van der Waals surface area contributed by atoms with Crippen LogP contribution in [0.2, 0.25) is 5.15 Å². The molecule has 28 heavy (non-hydrogen) atoms. The van der Waals surface area contributed by atoms with Crippen LogP contribution in [-0.4, -0.2) is 36.3 Å². The van der Waals surface area contributed by atoms with E-state index in [0.29, 0.717) is 16.5 Å². The van der Waals surface area contributed by atoms with Crippen molar-refractivity contribution in [2.45, 2.75) is 32.1 Å². The van der Waals surface area contributed by atoms with E-state index in [-0.39, 0.29) is 17.8 Å². The summed E-state index contributed by atoms with van der Waals surface area (Å²) in [6.45, 7) is 2.53. The molecule has 148 valence electrons. The molecule has 3 aromatic rings. The third kappa shape index (κ3) is 3.15. The van der Waals surface area contributed by atoms with Crippen molar-refractivity contribution in [2.24, 2.45) is 0 Å². The van der Waals surface area contributed by atoms with Crippen LogP contribution in [0.15, 0.2) is 18.6 Å².